The predicted octanol–water partition coefficient (Wildman–Crippen LogP) is 2.64. The molecule has 0 radical (unpaired) electrons. The number of hydrazine groups is 1. The number of hydrogen-bond acceptors (Lipinski definition) is 6. The number of esters is 1. The summed E-state index contributed by atoms with van der Waals surface area (Å²) in [5.41, 5.74) is 6.83. The summed E-state index contributed by atoms with van der Waals surface area (Å²) in [4.78, 5) is 49.4. The van der Waals surface area contributed by atoms with Crippen molar-refractivity contribution in [3.8, 4) is 0 Å². The quantitative estimate of drug-likeness (QED) is 0.483. The van der Waals surface area contributed by atoms with Gasteiger partial charge >= 0.3 is 5.97 Å². The topological polar surface area (TPSA) is 114 Å². The molecule has 1 heterocycles. The minimum atomic E-state index is -0.706. The number of nitrogens with one attached hydrogen (secondary N) is 3. The summed E-state index contributed by atoms with van der Waals surface area (Å²) in [6, 6.07) is 6.83. The lowest BCUT2D eigenvalue weighted by molar-refractivity contribution is -0.125. The number of benzene rings is 1. The maximum Gasteiger partial charge on any atom is 0.341 e. The standard InChI is InChI=1S/C21H23N3O5S/c1-11-4-6-15(7-5-11)19(27)24-23-16(25)10-29-21(28)17-12(2)13(3)30-20(17)22-18(26)14-8-9-14/h4-7,14H,8-10H2,1-3H3,(H,22,26)(H,23,25)(H,24,27). The number of amides is 3. The van der Waals surface area contributed by atoms with E-state index in [9.17, 15) is 19.2 Å². The summed E-state index contributed by atoms with van der Waals surface area (Å²) in [6.07, 6.45) is 1.70. The van der Waals surface area contributed by atoms with E-state index in [1.807, 2.05) is 13.8 Å². The van der Waals surface area contributed by atoms with Crippen LogP contribution in [-0.2, 0) is 14.3 Å². The number of anilines is 1. The number of carbonyl (C=O) groups is 4. The molecule has 2 aromatic rings. The van der Waals surface area contributed by atoms with Gasteiger partial charge in [0.2, 0.25) is 5.91 Å². The molecule has 0 atom stereocenters. The number of aryl methyl sites for hydroxylation is 2. The fraction of sp³-hybridized carbons (Fsp3) is 0.333. The van der Waals surface area contributed by atoms with Gasteiger partial charge in [-0.2, -0.15) is 0 Å². The van der Waals surface area contributed by atoms with Crippen molar-refractivity contribution in [3.63, 3.8) is 0 Å². The van der Waals surface area contributed by atoms with Crippen molar-refractivity contribution in [1.29, 1.82) is 0 Å². The number of ether oxygens (including phenoxy) is 1. The molecular weight excluding hydrogens is 406 g/mol. The Morgan fingerprint density at radius 2 is 1.70 bits per heavy atom. The summed E-state index contributed by atoms with van der Waals surface area (Å²) in [5.74, 6) is -1.98. The fourth-order valence-corrected chi connectivity index (χ4v) is 3.71. The van der Waals surface area contributed by atoms with E-state index >= 15 is 0 Å². The fourth-order valence-electron chi connectivity index (χ4n) is 2.66. The first-order valence-electron chi connectivity index (χ1n) is 9.50. The molecule has 9 heteroatoms. The van der Waals surface area contributed by atoms with E-state index in [-0.39, 0.29) is 17.4 Å². The molecule has 0 aliphatic heterocycles. The average Bonchev–Trinajstić information content (AvgIpc) is 3.52. The van der Waals surface area contributed by atoms with Crippen LogP contribution in [0.4, 0.5) is 5.00 Å². The van der Waals surface area contributed by atoms with Crippen molar-refractivity contribution in [1.82, 2.24) is 10.9 Å². The first-order valence-corrected chi connectivity index (χ1v) is 10.3. The van der Waals surface area contributed by atoms with E-state index in [4.69, 9.17) is 4.74 Å². The highest BCUT2D eigenvalue weighted by Crippen LogP contribution is 2.36. The lowest BCUT2D eigenvalue weighted by Gasteiger charge is -2.10. The molecule has 0 spiro atoms. The molecule has 3 N–H and O–H groups in total. The molecule has 8 nitrogen and oxygen atoms in total. The van der Waals surface area contributed by atoms with E-state index in [2.05, 4.69) is 16.2 Å². The molecule has 1 aromatic carbocycles. The SMILES string of the molecule is Cc1ccc(C(=O)NNC(=O)COC(=O)c2c(NC(=O)C3CC3)sc(C)c2C)cc1. The van der Waals surface area contributed by atoms with Gasteiger partial charge in [0.1, 0.15) is 5.00 Å². The lowest BCUT2D eigenvalue weighted by atomic mass is 10.1. The van der Waals surface area contributed by atoms with Crippen LogP contribution in [0.2, 0.25) is 0 Å². The highest BCUT2D eigenvalue weighted by atomic mass is 32.1. The highest BCUT2D eigenvalue weighted by molar-refractivity contribution is 7.16. The second-order valence-corrected chi connectivity index (χ2v) is 8.42. The van der Waals surface area contributed by atoms with E-state index in [1.165, 1.54) is 11.3 Å². The summed E-state index contributed by atoms with van der Waals surface area (Å²) in [6.45, 7) is 4.93. The zero-order valence-electron chi connectivity index (χ0n) is 17.0. The van der Waals surface area contributed by atoms with Gasteiger partial charge in [-0.3, -0.25) is 25.2 Å². The molecule has 0 bridgehead atoms. The van der Waals surface area contributed by atoms with Crippen LogP contribution in [0.25, 0.3) is 0 Å². The van der Waals surface area contributed by atoms with Gasteiger partial charge in [-0.15, -0.1) is 11.3 Å². The van der Waals surface area contributed by atoms with Gasteiger partial charge in [0.05, 0.1) is 5.56 Å². The molecule has 30 heavy (non-hydrogen) atoms. The Balaban J connectivity index is 1.53. The Kier molecular flexibility index (Phi) is 6.51. The Labute approximate surface area is 178 Å². The van der Waals surface area contributed by atoms with Crippen LogP contribution in [0, 0.1) is 26.7 Å². The predicted molar refractivity (Wildman–Crippen MR) is 112 cm³/mol. The van der Waals surface area contributed by atoms with Gasteiger partial charge in [0.25, 0.3) is 11.8 Å². The van der Waals surface area contributed by atoms with Crippen molar-refractivity contribution in [2.75, 3.05) is 11.9 Å². The highest BCUT2D eigenvalue weighted by Gasteiger charge is 2.31. The number of hydrogen-bond donors (Lipinski definition) is 3. The first kappa shape index (κ1) is 21.5. The second-order valence-electron chi connectivity index (χ2n) is 7.20. The van der Waals surface area contributed by atoms with Crippen molar-refractivity contribution < 1.29 is 23.9 Å². The van der Waals surface area contributed by atoms with Crippen molar-refractivity contribution in [3.05, 3.63) is 51.4 Å². The molecular formula is C21H23N3O5S. The van der Waals surface area contributed by atoms with E-state index < -0.39 is 24.4 Å². The molecule has 1 aliphatic carbocycles. The van der Waals surface area contributed by atoms with E-state index in [0.29, 0.717) is 16.1 Å². The minimum absolute atomic E-state index is 0.000462. The third-order valence-electron chi connectivity index (χ3n) is 4.74. The maximum absolute atomic E-state index is 12.5. The molecule has 0 saturated heterocycles. The largest absolute Gasteiger partial charge is 0.452 e. The van der Waals surface area contributed by atoms with Crippen LogP contribution in [0.5, 0.6) is 0 Å². The third-order valence-corrected chi connectivity index (χ3v) is 5.86. The van der Waals surface area contributed by atoms with Gasteiger partial charge in [-0.1, -0.05) is 17.7 Å². The molecule has 1 saturated carbocycles. The molecule has 1 aliphatic rings. The number of thiophene rings is 1. The van der Waals surface area contributed by atoms with Crippen molar-refractivity contribution in [2.24, 2.45) is 5.92 Å². The lowest BCUT2D eigenvalue weighted by Crippen LogP contribution is -2.43. The van der Waals surface area contributed by atoms with Crippen LogP contribution in [0.1, 0.15) is 49.6 Å². The van der Waals surface area contributed by atoms with Crippen LogP contribution in [0.3, 0.4) is 0 Å². The van der Waals surface area contributed by atoms with Crippen molar-refractivity contribution >= 4 is 40.0 Å². The van der Waals surface area contributed by atoms with Gasteiger partial charge in [0, 0.05) is 16.4 Å². The normalized spacial score (nSPS) is 12.8. The van der Waals surface area contributed by atoms with Crippen LogP contribution >= 0.6 is 11.3 Å². The molecule has 158 valence electrons. The van der Waals surface area contributed by atoms with Gasteiger partial charge in [-0.05, 0) is 51.3 Å². The van der Waals surface area contributed by atoms with E-state index in [1.54, 1.807) is 31.2 Å². The minimum Gasteiger partial charge on any atom is -0.452 e. The van der Waals surface area contributed by atoms with Crippen molar-refractivity contribution in [2.45, 2.75) is 33.6 Å². The smallest absolute Gasteiger partial charge is 0.341 e. The van der Waals surface area contributed by atoms with Gasteiger partial charge in [-0.25, -0.2) is 4.79 Å². The van der Waals surface area contributed by atoms with Gasteiger partial charge in [0.15, 0.2) is 6.61 Å². The molecule has 0 unspecified atom stereocenters. The average molecular weight is 429 g/mol. The number of rotatable bonds is 6. The molecule has 1 fully saturated rings. The summed E-state index contributed by atoms with van der Waals surface area (Å²) in [7, 11) is 0. The summed E-state index contributed by atoms with van der Waals surface area (Å²) >= 11 is 1.30. The molecule has 3 amide bonds. The summed E-state index contributed by atoms with van der Waals surface area (Å²) in [5, 5.41) is 3.22. The zero-order valence-corrected chi connectivity index (χ0v) is 17.8. The van der Waals surface area contributed by atoms with Crippen LogP contribution in [-0.4, -0.2) is 30.3 Å². The Morgan fingerprint density at radius 1 is 1.03 bits per heavy atom. The maximum atomic E-state index is 12.5. The molecule has 3 rings (SSSR count). The van der Waals surface area contributed by atoms with E-state index in [0.717, 1.165) is 23.3 Å². The second kappa shape index (κ2) is 9.08. The Hall–Kier alpha value is -3.20. The monoisotopic (exact) mass is 429 g/mol. The van der Waals surface area contributed by atoms with Crippen LogP contribution < -0.4 is 16.2 Å². The first-order chi connectivity index (χ1) is 14.3. The third kappa shape index (κ3) is 5.24. The zero-order chi connectivity index (χ0) is 21.8. The number of carbonyl (C=O) groups excluding carboxylic acids is 4. The van der Waals surface area contributed by atoms with Crippen LogP contribution in [0.15, 0.2) is 24.3 Å². The van der Waals surface area contributed by atoms with Gasteiger partial charge < -0.3 is 10.1 Å². The molecule has 1 aromatic heterocycles. The Bertz CT molecular complexity index is 993. The Morgan fingerprint density at radius 3 is 2.33 bits per heavy atom. The summed E-state index contributed by atoms with van der Waals surface area (Å²) < 4.78 is 5.09.